The zero-order chi connectivity index (χ0) is 12.5. The fourth-order valence-corrected chi connectivity index (χ4v) is 2.51. The monoisotopic (exact) mass is 251 g/mol. The van der Waals surface area contributed by atoms with E-state index >= 15 is 0 Å². The highest BCUT2D eigenvalue weighted by atomic mass is 32.2. The molecule has 4 nitrogen and oxygen atoms in total. The van der Waals surface area contributed by atoms with E-state index in [-0.39, 0.29) is 0 Å². The Labute approximate surface area is 105 Å². The van der Waals surface area contributed by atoms with Gasteiger partial charge in [-0.3, -0.25) is 4.79 Å². The van der Waals surface area contributed by atoms with Gasteiger partial charge in [0, 0.05) is 11.3 Å². The number of nitrogens with two attached hydrogens (primary N) is 2. The van der Waals surface area contributed by atoms with E-state index in [1.54, 1.807) is 12.1 Å². The van der Waals surface area contributed by atoms with E-state index in [1.807, 2.05) is 17.8 Å². The Balaban J connectivity index is 2.11. The maximum Gasteiger partial charge on any atom is 0.250 e. The summed E-state index contributed by atoms with van der Waals surface area (Å²) in [4.78, 5) is 11.2. The minimum absolute atomic E-state index is 0.356. The molecule has 0 aliphatic heterocycles. The summed E-state index contributed by atoms with van der Waals surface area (Å²) in [6.07, 6.45) is 4.59. The van der Waals surface area contributed by atoms with Crippen molar-refractivity contribution in [2.75, 3.05) is 23.9 Å². The van der Waals surface area contributed by atoms with Crippen molar-refractivity contribution in [3.63, 3.8) is 0 Å². The average molecular weight is 251 g/mol. The van der Waals surface area contributed by atoms with E-state index in [1.165, 1.54) is 12.8 Å². The van der Waals surface area contributed by atoms with Gasteiger partial charge in [0.15, 0.2) is 0 Å². The Bertz CT molecular complexity index is 443. The Hall–Kier alpha value is -1.36. The van der Waals surface area contributed by atoms with Crippen LogP contribution in [0.15, 0.2) is 18.2 Å². The van der Waals surface area contributed by atoms with Gasteiger partial charge in [0.1, 0.15) is 0 Å². The highest BCUT2D eigenvalue weighted by molar-refractivity contribution is 8.00. The van der Waals surface area contributed by atoms with Crippen LogP contribution in [-0.2, 0) is 0 Å². The first kappa shape index (κ1) is 12.1. The molecule has 1 amide bonds. The van der Waals surface area contributed by atoms with E-state index in [0.717, 1.165) is 12.2 Å². The summed E-state index contributed by atoms with van der Waals surface area (Å²) in [6, 6.07) is 5.31. The number of benzene rings is 1. The molecule has 0 atom stereocenters. The molecule has 5 heteroatoms. The molecular formula is C12H17N3OS. The van der Waals surface area contributed by atoms with Crippen molar-refractivity contribution in [1.82, 2.24) is 0 Å². The van der Waals surface area contributed by atoms with Crippen LogP contribution in [-0.4, -0.2) is 23.5 Å². The second-order valence-corrected chi connectivity index (χ2v) is 5.65. The van der Waals surface area contributed by atoms with Crippen molar-refractivity contribution in [2.24, 2.45) is 5.73 Å². The first-order valence-corrected chi connectivity index (χ1v) is 6.78. The fourth-order valence-electron chi connectivity index (χ4n) is 1.78. The van der Waals surface area contributed by atoms with Crippen LogP contribution >= 0.6 is 11.8 Å². The zero-order valence-electron chi connectivity index (χ0n) is 9.82. The van der Waals surface area contributed by atoms with Gasteiger partial charge in [-0.15, -0.1) is 0 Å². The molecule has 1 aliphatic rings. The predicted molar refractivity (Wildman–Crippen MR) is 73.3 cm³/mol. The molecular weight excluding hydrogens is 234 g/mol. The van der Waals surface area contributed by atoms with Crippen LogP contribution in [0.3, 0.4) is 0 Å². The van der Waals surface area contributed by atoms with Crippen LogP contribution in [0, 0.1) is 0 Å². The molecule has 0 radical (unpaired) electrons. The normalized spacial score (nSPS) is 16.5. The summed E-state index contributed by atoms with van der Waals surface area (Å²) in [5, 5.41) is 3.31. The van der Waals surface area contributed by atoms with Crippen molar-refractivity contribution in [2.45, 2.75) is 17.6 Å². The smallest absolute Gasteiger partial charge is 0.250 e. The summed E-state index contributed by atoms with van der Waals surface area (Å²) in [7, 11) is 0. The molecule has 17 heavy (non-hydrogen) atoms. The highest BCUT2D eigenvalue weighted by Crippen LogP contribution is 2.47. The lowest BCUT2D eigenvalue weighted by atomic mass is 10.1. The molecule has 1 fully saturated rings. The quantitative estimate of drug-likeness (QED) is 0.695. The molecule has 5 N–H and O–H groups in total. The highest BCUT2D eigenvalue weighted by Gasteiger charge is 2.41. The standard InChI is InChI=1S/C12H17N3OS/c1-17-12(5-6-12)7-15-9-4-2-3-8(10(9)13)11(14)16/h2-4,15H,5-7,13H2,1H3,(H2,14,16). The lowest BCUT2D eigenvalue weighted by Gasteiger charge is -2.16. The summed E-state index contributed by atoms with van der Waals surface area (Å²) in [5.41, 5.74) is 12.8. The van der Waals surface area contributed by atoms with Crippen LogP contribution in [0.2, 0.25) is 0 Å². The SMILES string of the molecule is CSC1(CNc2cccc(C(N)=O)c2N)CC1. The number of anilines is 2. The maximum atomic E-state index is 11.2. The first-order chi connectivity index (χ1) is 8.08. The van der Waals surface area contributed by atoms with Crippen molar-refractivity contribution in [3.8, 4) is 0 Å². The third kappa shape index (κ3) is 2.49. The Morgan fingerprint density at radius 1 is 1.53 bits per heavy atom. The van der Waals surface area contributed by atoms with E-state index in [2.05, 4.69) is 11.6 Å². The van der Waals surface area contributed by atoms with Gasteiger partial charge >= 0.3 is 0 Å². The topological polar surface area (TPSA) is 81.1 Å². The van der Waals surface area contributed by atoms with E-state index < -0.39 is 5.91 Å². The molecule has 0 spiro atoms. The minimum atomic E-state index is -0.489. The molecule has 1 aromatic carbocycles. The molecule has 1 aromatic rings. The molecule has 2 rings (SSSR count). The van der Waals surface area contributed by atoms with Gasteiger partial charge in [0.2, 0.25) is 0 Å². The minimum Gasteiger partial charge on any atom is -0.396 e. The number of thioether (sulfide) groups is 1. The van der Waals surface area contributed by atoms with Gasteiger partial charge in [-0.2, -0.15) is 11.8 Å². The summed E-state index contributed by atoms with van der Waals surface area (Å²) < 4.78 is 0.356. The Morgan fingerprint density at radius 3 is 2.76 bits per heavy atom. The van der Waals surface area contributed by atoms with Crippen molar-refractivity contribution in [1.29, 1.82) is 0 Å². The Morgan fingerprint density at radius 2 is 2.24 bits per heavy atom. The number of hydrogen-bond acceptors (Lipinski definition) is 4. The largest absolute Gasteiger partial charge is 0.396 e. The number of nitrogens with one attached hydrogen (secondary N) is 1. The van der Waals surface area contributed by atoms with Crippen molar-refractivity contribution in [3.05, 3.63) is 23.8 Å². The van der Waals surface area contributed by atoms with E-state index in [9.17, 15) is 4.79 Å². The van der Waals surface area contributed by atoms with Gasteiger partial charge in [-0.25, -0.2) is 0 Å². The van der Waals surface area contributed by atoms with Gasteiger partial charge in [0.05, 0.1) is 16.9 Å². The number of rotatable bonds is 5. The maximum absolute atomic E-state index is 11.2. The first-order valence-electron chi connectivity index (χ1n) is 5.55. The average Bonchev–Trinajstić information content (AvgIpc) is 3.08. The zero-order valence-corrected chi connectivity index (χ0v) is 10.6. The van der Waals surface area contributed by atoms with Crippen LogP contribution in [0.5, 0.6) is 0 Å². The lowest BCUT2D eigenvalue weighted by molar-refractivity contribution is 0.100. The molecule has 1 saturated carbocycles. The Kier molecular flexibility index (Phi) is 3.19. The molecule has 0 heterocycles. The summed E-state index contributed by atoms with van der Waals surface area (Å²) >= 11 is 1.88. The van der Waals surface area contributed by atoms with Crippen LogP contribution in [0.1, 0.15) is 23.2 Å². The van der Waals surface area contributed by atoms with Crippen LogP contribution < -0.4 is 16.8 Å². The number of para-hydroxylation sites is 1. The number of amides is 1. The fraction of sp³-hybridized carbons (Fsp3) is 0.417. The van der Waals surface area contributed by atoms with Gasteiger partial charge < -0.3 is 16.8 Å². The number of hydrogen-bond donors (Lipinski definition) is 3. The van der Waals surface area contributed by atoms with Gasteiger partial charge in [-0.1, -0.05) is 6.07 Å². The molecule has 0 unspecified atom stereocenters. The van der Waals surface area contributed by atoms with E-state index in [4.69, 9.17) is 11.5 Å². The second-order valence-electron chi connectivity index (χ2n) is 4.37. The van der Waals surface area contributed by atoms with E-state index in [0.29, 0.717) is 16.0 Å². The predicted octanol–water partition coefficient (Wildman–Crippen LogP) is 1.68. The second kappa shape index (κ2) is 4.49. The molecule has 0 aromatic heterocycles. The third-order valence-corrected chi connectivity index (χ3v) is 4.63. The van der Waals surface area contributed by atoms with Crippen molar-refractivity contribution < 1.29 is 4.79 Å². The number of carbonyl (C=O) groups is 1. The molecule has 92 valence electrons. The number of primary amides is 1. The van der Waals surface area contributed by atoms with Gasteiger partial charge in [0.25, 0.3) is 5.91 Å². The lowest BCUT2D eigenvalue weighted by Crippen LogP contribution is -2.19. The molecule has 0 saturated heterocycles. The summed E-state index contributed by atoms with van der Waals surface area (Å²) in [5.74, 6) is -0.489. The number of nitrogen functional groups attached to an aromatic ring is 1. The van der Waals surface area contributed by atoms with Crippen molar-refractivity contribution >= 4 is 29.0 Å². The summed E-state index contributed by atoms with van der Waals surface area (Å²) in [6.45, 7) is 0.876. The molecule has 0 bridgehead atoms. The van der Waals surface area contributed by atoms with Crippen LogP contribution in [0.25, 0.3) is 0 Å². The van der Waals surface area contributed by atoms with Gasteiger partial charge in [-0.05, 0) is 31.2 Å². The number of carbonyl (C=O) groups excluding carboxylic acids is 1. The van der Waals surface area contributed by atoms with Crippen LogP contribution in [0.4, 0.5) is 11.4 Å². The third-order valence-electron chi connectivity index (χ3n) is 3.21. The molecule has 1 aliphatic carbocycles.